The Bertz CT molecular complexity index is 1260. The van der Waals surface area contributed by atoms with Gasteiger partial charge in [-0.3, -0.25) is 14.3 Å². The van der Waals surface area contributed by atoms with Crippen LogP contribution in [-0.4, -0.2) is 44.3 Å². The Hall–Kier alpha value is -3.20. The third kappa shape index (κ3) is 5.16. The smallest absolute Gasteiger partial charge is 0.253 e. The van der Waals surface area contributed by atoms with E-state index in [1.165, 1.54) is 12.8 Å². The monoisotopic (exact) mass is 492 g/mol. The van der Waals surface area contributed by atoms with Gasteiger partial charge in [0.15, 0.2) is 0 Å². The largest absolute Gasteiger partial charge is 0.370 e. The van der Waals surface area contributed by atoms with Crippen molar-refractivity contribution in [1.82, 2.24) is 24.6 Å². The van der Waals surface area contributed by atoms with Gasteiger partial charge in [0.25, 0.3) is 5.91 Å². The highest BCUT2D eigenvalue weighted by atomic mass is 16.5. The molecule has 9 heteroatoms. The number of rotatable bonds is 8. The molecule has 2 amide bonds. The minimum atomic E-state index is -0.199. The Kier molecular flexibility index (Phi) is 7.09. The summed E-state index contributed by atoms with van der Waals surface area (Å²) >= 11 is 0. The molecule has 1 aromatic carbocycles. The number of carbonyl (C=O) groups excluding carboxylic acids is 2. The zero-order valence-electron chi connectivity index (χ0n) is 21.5. The number of nitrogens with zero attached hydrogens (tertiary/aromatic N) is 4. The molecule has 0 bridgehead atoms. The number of benzene rings is 1. The number of ether oxygens (including phenoxy) is 1. The molecule has 2 aromatic heterocycles. The summed E-state index contributed by atoms with van der Waals surface area (Å²) in [6.07, 6.45) is 6.97. The number of fused-ring (bicyclic) bond motifs is 1. The van der Waals surface area contributed by atoms with Gasteiger partial charge >= 0.3 is 0 Å². The van der Waals surface area contributed by atoms with E-state index in [0.717, 1.165) is 55.0 Å². The van der Waals surface area contributed by atoms with Gasteiger partial charge in [-0.25, -0.2) is 4.98 Å². The Balaban J connectivity index is 1.40. The number of amides is 2. The van der Waals surface area contributed by atoms with Crippen molar-refractivity contribution in [3.8, 4) is 0 Å². The number of imidazole rings is 1. The Morgan fingerprint density at radius 2 is 1.92 bits per heavy atom. The summed E-state index contributed by atoms with van der Waals surface area (Å²) in [7, 11) is 1.93. The molecular weight excluding hydrogens is 456 g/mol. The molecule has 2 fully saturated rings. The van der Waals surface area contributed by atoms with Crippen LogP contribution in [0.1, 0.15) is 78.6 Å². The van der Waals surface area contributed by atoms with Crippen LogP contribution in [0.3, 0.4) is 0 Å². The lowest BCUT2D eigenvalue weighted by molar-refractivity contribution is -0.117. The predicted octanol–water partition coefficient (Wildman–Crippen LogP) is 4.19. The van der Waals surface area contributed by atoms with Crippen LogP contribution in [0.2, 0.25) is 0 Å². The second-order valence-electron chi connectivity index (χ2n) is 10.2. The molecule has 1 saturated carbocycles. The van der Waals surface area contributed by atoms with Crippen LogP contribution in [-0.2, 0) is 23.1 Å². The van der Waals surface area contributed by atoms with Crippen molar-refractivity contribution >= 4 is 28.5 Å². The highest BCUT2D eigenvalue weighted by molar-refractivity contribution is 6.07. The molecule has 9 nitrogen and oxygen atoms in total. The summed E-state index contributed by atoms with van der Waals surface area (Å²) in [5, 5.41) is 10.5. The van der Waals surface area contributed by atoms with Crippen molar-refractivity contribution < 1.29 is 14.3 Å². The second-order valence-corrected chi connectivity index (χ2v) is 10.2. The van der Waals surface area contributed by atoms with Crippen molar-refractivity contribution in [2.75, 3.05) is 18.5 Å². The van der Waals surface area contributed by atoms with Gasteiger partial charge in [-0.05, 0) is 63.6 Å². The first-order valence-electron chi connectivity index (χ1n) is 13.1. The Morgan fingerprint density at radius 1 is 1.11 bits per heavy atom. The molecule has 192 valence electrons. The molecule has 3 heterocycles. The zero-order valence-corrected chi connectivity index (χ0v) is 21.5. The van der Waals surface area contributed by atoms with E-state index < -0.39 is 0 Å². The van der Waals surface area contributed by atoms with E-state index in [9.17, 15) is 9.59 Å². The average Bonchev–Trinajstić information content (AvgIpc) is 3.63. The molecule has 1 aliphatic heterocycles. The number of hydrogen-bond acceptors (Lipinski definition) is 5. The van der Waals surface area contributed by atoms with Crippen molar-refractivity contribution in [3.05, 3.63) is 41.0 Å². The third-order valence-corrected chi connectivity index (χ3v) is 7.41. The molecule has 0 unspecified atom stereocenters. The van der Waals surface area contributed by atoms with E-state index in [4.69, 9.17) is 9.72 Å². The number of aryl methyl sites for hydroxylation is 3. The summed E-state index contributed by atoms with van der Waals surface area (Å²) in [5.74, 6) is 1.06. The van der Waals surface area contributed by atoms with Gasteiger partial charge in [-0.2, -0.15) is 5.10 Å². The summed E-state index contributed by atoms with van der Waals surface area (Å²) in [6.45, 7) is 5.71. The minimum Gasteiger partial charge on any atom is -0.370 e. The highest BCUT2D eigenvalue weighted by Gasteiger charge is 2.26. The lowest BCUT2D eigenvalue weighted by Gasteiger charge is -2.13. The Labute approximate surface area is 211 Å². The van der Waals surface area contributed by atoms with E-state index in [2.05, 4.69) is 15.7 Å². The van der Waals surface area contributed by atoms with Crippen molar-refractivity contribution in [2.24, 2.45) is 13.0 Å². The lowest BCUT2D eigenvalue weighted by Crippen LogP contribution is -2.28. The number of anilines is 1. The van der Waals surface area contributed by atoms with Crippen LogP contribution >= 0.6 is 0 Å². The molecule has 1 saturated heterocycles. The SMILES string of the molecule is Cc1cc(C)n(CCNC(=O)c2cc(NC(=O)CC3CCCC3)cc3nc([C@@H]4CCCO4)n(C)c23)n1. The van der Waals surface area contributed by atoms with Gasteiger partial charge in [-0.15, -0.1) is 0 Å². The molecule has 36 heavy (non-hydrogen) atoms. The molecule has 1 atom stereocenters. The van der Waals surface area contributed by atoms with Crippen molar-refractivity contribution in [1.29, 1.82) is 0 Å². The molecule has 1 aliphatic carbocycles. The van der Waals surface area contributed by atoms with Gasteiger partial charge < -0.3 is 19.9 Å². The van der Waals surface area contributed by atoms with Crippen molar-refractivity contribution in [2.45, 2.75) is 71.4 Å². The van der Waals surface area contributed by atoms with Gasteiger partial charge in [0.1, 0.15) is 11.9 Å². The van der Waals surface area contributed by atoms with E-state index in [1.807, 2.05) is 42.3 Å². The topological polar surface area (TPSA) is 103 Å². The van der Waals surface area contributed by atoms with Crippen LogP contribution in [0, 0.1) is 19.8 Å². The van der Waals surface area contributed by atoms with Crippen molar-refractivity contribution in [3.63, 3.8) is 0 Å². The molecular formula is C27H36N6O3. The highest BCUT2D eigenvalue weighted by Crippen LogP contribution is 2.33. The van der Waals surface area contributed by atoms with Gasteiger partial charge in [0.2, 0.25) is 5.91 Å². The normalized spacial score (nSPS) is 18.2. The lowest BCUT2D eigenvalue weighted by atomic mass is 10.0. The number of aromatic nitrogens is 4. The van der Waals surface area contributed by atoms with Gasteiger partial charge in [0.05, 0.1) is 28.8 Å². The first-order valence-corrected chi connectivity index (χ1v) is 13.1. The first kappa shape index (κ1) is 24.5. The second kappa shape index (κ2) is 10.4. The molecule has 2 aliphatic rings. The fraction of sp³-hybridized carbons (Fsp3) is 0.556. The maximum absolute atomic E-state index is 13.4. The summed E-state index contributed by atoms with van der Waals surface area (Å²) in [5.41, 5.74) is 4.55. The maximum atomic E-state index is 13.4. The third-order valence-electron chi connectivity index (χ3n) is 7.41. The number of hydrogen-bond donors (Lipinski definition) is 2. The van der Waals surface area contributed by atoms with Crippen LogP contribution < -0.4 is 10.6 Å². The van der Waals surface area contributed by atoms with Crippen LogP contribution in [0.15, 0.2) is 18.2 Å². The van der Waals surface area contributed by atoms with Crippen LogP contribution in [0.5, 0.6) is 0 Å². The van der Waals surface area contributed by atoms with Gasteiger partial charge in [-0.1, -0.05) is 12.8 Å². The van der Waals surface area contributed by atoms with E-state index >= 15 is 0 Å². The van der Waals surface area contributed by atoms with Crippen LogP contribution in [0.4, 0.5) is 5.69 Å². The van der Waals surface area contributed by atoms with E-state index in [1.54, 1.807) is 6.07 Å². The minimum absolute atomic E-state index is 0.00702. The molecule has 2 N–H and O–H groups in total. The Morgan fingerprint density at radius 3 is 2.61 bits per heavy atom. The first-order chi connectivity index (χ1) is 17.4. The van der Waals surface area contributed by atoms with Gasteiger partial charge in [0, 0.05) is 38.0 Å². The summed E-state index contributed by atoms with van der Waals surface area (Å²) in [4.78, 5) is 31.0. The fourth-order valence-corrected chi connectivity index (χ4v) is 5.64. The van der Waals surface area contributed by atoms with E-state index in [-0.39, 0.29) is 17.9 Å². The summed E-state index contributed by atoms with van der Waals surface area (Å²) < 4.78 is 9.74. The predicted molar refractivity (Wildman–Crippen MR) is 138 cm³/mol. The summed E-state index contributed by atoms with van der Waals surface area (Å²) in [6, 6.07) is 5.66. The van der Waals surface area contributed by atoms with Crippen LogP contribution in [0.25, 0.3) is 11.0 Å². The maximum Gasteiger partial charge on any atom is 0.253 e. The zero-order chi connectivity index (χ0) is 25.2. The fourth-order valence-electron chi connectivity index (χ4n) is 5.64. The standard InChI is InChI=1S/C27H36N6O3/c1-17-13-18(2)33(31-17)11-10-28-27(35)21-15-20(29-24(34)14-19-7-4-5-8-19)16-22-25(21)32(3)26(30-22)23-9-6-12-36-23/h13,15-16,19,23H,4-12,14H2,1-3H3,(H,28,35)(H,29,34)/t23-/m0/s1. The molecule has 3 aromatic rings. The molecule has 5 rings (SSSR count). The number of carbonyl (C=O) groups is 2. The quantitative estimate of drug-likeness (QED) is 0.491. The van der Waals surface area contributed by atoms with E-state index in [0.29, 0.717) is 42.2 Å². The molecule has 0 spiro atoms. The average molecular weight is 493 g/mol. The molecule has 0 radical (unpaired) electrons. The number of nitrogens with one attached hydrogen (secondary N) is 2.